The molecular formula is C11H14. The van der Waals surface area contributed by atoms with E-state index in [2.05, 4.69) is 17.7 Å². The highest BCUT2D eigenvalue weighted by molar-refractivity contribution is 5.05. The quantitative estimate of drug-likeness (QED) is 0.319. The molecule has 0 spiro atoms. The summed E-state index contributed by atoms with van der Waals surface area (Å²) in [5, 5.41) is 0. The molecule has 1 aliphatic rings. The minimum atomic E-state index is 0.847. The first-order valence-corrected chi connectivity index (χ1v) is 4.30. The van der Waals surface area contributed by atoms with Crippen LogP contribution in [0.4, 0.5) is 0 Å². The van der Waals surface area contributed by atoms with E-state index < -0.39 is 0 Å². The molecule has 1 saturated carbocycles. The highest BCUT2D eigenvalue weighted by atomic mass is 14.1. The maximum Gasteiger partial charge on any atom is 0.0127 e. The van der Waals surface area contributed by atoms with Crippen molar-refractivity contribution < 1.29 is 0 Å². The Labute approximate surface area is 69.0 Å². The van der Waals surface area contributed by atoms with Crippen molar-refractivity contribution in [2.45, 2.75) is 38.5 Å². The minimum Gasteiger partial charge on any atom is -0.126 e. The van der Waals surface area contributed by atoms with Crippen LogP contribution in [0.5, 0.6) is 0 Å². The van der Waals surface area contributed by atoms with E-state index in [0.717, 1.165) is 12.8 Å². The summed E-state index contributed by atoms with van der Waals surface area (Å²) >= 11 is 0. The van der Waals surface area contributed by atoms with E-state index in [9.17, 15) is 0 Å². The van der Waals surface area contributed by atoms with Gasteiger partial charge in [-0.25, -0.2) is 0 Å². The second-order valence-electron chi connectivity index (χ2n) is 2.90. The number of rotatable bonds is 2. The van der Waals surface area contributed by atoms with Gasteiger partial charge in [-0.15, -0.1) is 18.1 Å². The van der Waals surface area contributed by atoms with E-state index in [-0.39, 0.29) is 0 Å². The van der Waals surface area contributed by atoms with Crippen LogP contribution in [0.15, 0.2) is 17.4 Å². The lowest BCUT2D eigenvalue weighted by molar-refractivity contribution is 0.886. The number of allylic oxidation sites excluding steroid dienone is 1. The molecule has 0 saturated heterocycles. The molecule has 0 heteroatoms. The molecule has 0 atom stereocenters. The Kier molecular flexibility index (Phi) is 3.59. The van der Waals surface area contributed by atoms with Crippen LogP contribution < -0.4 is 0 Å². The van der Waals surface area contributed by atoms with Crippen molar-refractivity contribution in [1.82, 2.24) is 0 Å². The zero-order valence-electron chi connectivity index (χ0n) is 6.90. The van der Waals surface area contributed by atoms with Crippen molar-refractivity contribution in [3.05, 3.63) is 17.4 Å². The summed E-state index contributed by atoms with van der Waals surface area (Å²) in [6.07, 6.45) is 14.3. The largest absolute Gasteiger partial charge is 0.126 e. The van der Waals surface area contributed by atoms with E-state index in [4.69, 9.17) is 6.42 Å². The zero-order valence-corrected chi connectivity index (χ0v) is 6.90. The van der Waals surface area contributed by atoms with Crippen LogP contribution in [0, 0.1) is 12.3 Å². The molecule has 0 heterocycles. The number of terminal acetylenes is 1. The fraction of sp³-hybridized carbons (Fsp3) is 0.545. The molecule has 0 unspecified atom stereocenters. The zero-order chi connectivity index (χ0) is 7.94. The second-order valence-corrected chi connectivity index (χ2v) is 2.90. The molecule has 0 aromatic heterocycles. The SMILES string of the molecule is C#CCCC=C=C1CCCC1. The van der Waals surface area contributed by atoms with Gasteiger partial charge in [-0.1, -0.05) is 0 Å². The molecule has 0 aliphatic heterocycles. The summed E-state index contributed by atoms with van der Waals surface area (Å²) in [6.45, 7) is 0. The smallest absolute Gasteiger partial charge is 0.0127 e. The van der Waals surface area contributed by atoms with E-state index in [0.29, 0.717) is 0 Å². The molecule has 0 N–H and O–H groups in total. The Balaban J connectivity index is 2.31. The van der Waals surface area contributed by atoms with Gasteiger partial charge in [0.05, 0.1) is 0 Å². The lowest BCUT2D eigenvalue weighted by Crippen LogP contribution is -1.66. The van der Waals surface area contributed by atoms with Crippen molar-refractivity contribution in [3.63, 3.8) is 0 Å². The fourth-order valence-electron chi connectivity index (χ4n) is 1.32. The van der Waals surface area contributed by atoms with E-state index in [1.54, 1.807) is 0 Å². The number of hydrogen-bond acceptors (Lipinski definition) is 0. The molecule has 0 radical (unpaired) electrons. The highest BCUT2D eigenvalue weighted by Crippen LogP contribution is 2.22. The molecule has 11 heavy (non-hydrogen) atoms. The summed E-state index contributed by atoms with van der Waals surface area (Å²) in [4.78, 5) is 0. The average molecular weight is 146 g/mol. The molecule has 0 amide bonds. The third-order valence-corrected chi connectivity index (χ3v) is 1.95. The number of unbranched alkanes of at least 4 members (excludes halogenated alkanes) is 1. The van der Waals surface area contributed by atoms with Crippen molar-refractivity contribution >= 4 is 0 Å². The minimum absolute atomic E-state index is 0.847. The average Bonchev–Trinajstić information content (AvgIpc) is 2.50. The maximum absolute atomic E-state index is 5.12. The van der Waals surface area contributed by atoms with Gasteiger partial charge in [0.1, 0.15) is 0 Å². The van der Waals surface area contributed by atoms with Crippen LogP contribution in [0.25, 0.3) is 0 Å². The van der Waals surface area contributed by atoms with Crippen LogP contribution in [-0.2, 0) is 0 Å². The predicted molar refractivity (Wildman–Crippen MR) is 48.1 cm³/mol. The first kappa shape index (κ1) is 8.18. The Hall–Kier alpha value is -0.920. The molecule has 58 valence electrons. The normalized spacial score (nSPS) is 15.7. The molecule has 0 aromatic rings. The Morgan fingerprint density at radius 2 is 2.09 bits per heavy atom. The summed E-state index contributed by atoms with van der Waals surface area (Å²) < 4.78 is 0. The molecule has 0 aromatic carbocycles. The van der Waals surface area contributed by atoms with Crippen LogP contribution in [-0.4, -0.2) is 0 Å². The fourth-order valence-corrected chi connectivity index (χ4v) is 1.32. The van der Waals surface area contributed by atoms with Gasteiger partial charge >= 0.3 is 0 Å². The van der Waals surface area contributed by atoms with Gasteiger partial charge in [0.25, 0.3) is 0 Å². The molecule has 1 rings (SSSR count). The Bertz CT molecular complexity index is 201. The summed E-state index contributed by atoms with van der Waals surface area (Å²) in [7, 11) is 0. The van der Waals surface area contributed by atoms with Crippen molar-refractivity contribution in [2.75, 3.05) is 0 Å². The van der Waals surface area contributed by atoms with Gasteiger partial charge in [-0.3, -0.25) is 0 Å². The van der Waals surface area contributed by atoms with Crippen LogP contribution in [0.2, 0.25) is 0 Å². The lowest BCUT2D eigenvalue weighted by Gasteiger charge is -1.85. The standard InChI is InChI=1S/C11H14/c1-2-3-4-5-8-11-9-6-7-10-11/h1,5H,3-4,6-7,9-10H2. The van der Waals surface area contributed by atoms with Gasteiger partial charge in [0, 0.05) is 6.42 Å². The van der Waals surface area contributed by atoms with Crippen molar-refractivity contribution in [1.29, 1.82) is 0 Å². The molecule has 0 bridgehead atoms. The third-order valence-electron chi connectivity index (χ3n) is 1.95. The van der Waals surface area contributed by atoms with E-state index in [1.165, 1.54) is 31.3 Å². The second kappa shape index (κ2) is 4.83. The lowest BCUT2D eigenvalue weighted by atomic mass is 10.2. The molecule has 1 aliphatic carbocycles. The van der Waals surface area contributed by atoms with Gasteiger partial charge in [-0.05, 0) is 43.8 Å². The van der Waals surface area contributed by atoms with Gasteiger partial charge < -0.3 is 0 Å². The first-order chi connectivity index (χ1) is 5.43. The summed E-state index contributed by atoms with van der Waals surface area (Å²) in [6, 6.07) is 0. The van der Waals surface area contributed by atoms with Crippen molar-refractivity contribution in [2.24, 2.45) is 0 Å². The molecular weight excluding hydrogens is 132 g/mol. The van der Waals surface area contributed by atoms with Crippen molar-refractivity contribution in [3.8, 4) is 12.3 Å². The predicted octanol–water partition coefficient (Wildman–Crippen LogP) is 3.06. The Morgan fingerprint density at radius 3 is 2.73 bits per heavy atom. The molecule has 0 nitrogen and oxygen atoms in total. The van der Waals surface area contributed by atoms with E-state index in [1.807, 2.05) is 0 Å². The highest BCUT2D eigenvalue weighted by Gasteiger charge is 2.03. The third kappa shape index (κ3) is 3.12. The summed E-state index contributed by atoms with van der Waals surface area (Å²) in [5.74, 6) is 2.61. The topological polar surface area (TPSA) is 0 Å². The number of hydrogen-bond donors (Lipinski definition) is 0. The molecule has 1 fully saturated rings. The van der Waals surface area contributed by atoms with Crippen LogP contribution >= 0.6 is 0 Å². The van der Waals surface area contributed by atoms with Crippen LogP contribution in [0.3, 0.4) is 0 Å². The van der Waals surface area contributed by atoms with Crippen LogP contribution in [0.1, 0.15) is 38.5 Å². The first-order valence-electron chi connectivity index (χ1n) is 4.30. The van der Waals surface area contributed by atoms with Gasteiger partial charge in [0.2, 0.25) is 0 Å². The monoisotopic (exact) mass is 146 g/mol. The Morgan fingerprint density at radius 1 is 1.36 bits per heavy atom. The summed E-state index contributed by atoms with van der Waals surface area (Å²) in [5.41, 5.74) is 4.80. The maximum atomic E-state index is 5.12. The van der Waals surface area contributed by atoms with Gasteiger partial charge in [-0.2, -0.15) is 0 Å². The van der Waals surface area contributed by atoms with E-state index >= 15 is 0 Å². The van der Waals surface area contributed by atoms with Gasteiger partial charge in [0.15, 0.2) is 0 Å².